The van der Waals surface area contributed by atoms with E-state index < -0.39 is 29.8 Å². The van der Waals surface area contributed by atoms with Gasteiger partial charge in [-0.15, -0.1) is 0 Å². The van der Waals surface area contributed by atoms with Gasteiger partial charge < -0.3 is 37.2 Å². The van der Waals surface area contributed by atoms with Gasteiger partial charge in [-0.3, -0.25) is 29.0 Å². The van der Waals surface area contributed by atoms with Crippen molar-refractivity contribution in [2.45, 2.75) is 77.9 Å². The summed E-state index contributed by atoms with van der Waals surface area (Å²) in [4.78, 5) is 69.1. The largest absolute Gasteiger partial charge is 0.370 e. The summed E-state index contributed by atoms with van der Waals surface area (Å²) < 4.78 is 0. The Balaban J connectivity index is 2.99. The van der Waals surface area contributed by atoms with Crippen molar-refractivity contribution in [2.24, 2.45) is 16.6 Å². The lowest BCUT2D eigenvalue weighted by atomic mass is 10.0. The van der Waals surface area contributed by atoms with Crippen molar-refractivity contribution in [1.82, 2.24) is 31.5 Å². The van der Waals surface area contributed by atoms with E-state index >= 15 is 0 Å². The fraction of sp³-hybridized carbons (Fsp3) is 0.600. The van der Waals surface area contributed by atoms with Crippen LogP contribution in [-0.2, 0) is 30.4 Å². The third kappa shape index (κ3) is 16.2. The van der Waals surface area contributed by atoms with Gasteiger partial charge in [-0.05, 0) is 32.3 Å². The summed E-state index contributed by atoms with van der Waals surface area (Å²) in [6.07, 6.45) is 0.779. The maximum Gasteiger partial charge on any atom is 0.243 e. The van der Waals surface area contributed by atoms with E-state index in [2.05, 4.69) is 31.6 Å². The van der Waals surface area contributed by atoms with Crippen LogP contribution in [0.1, 0.15) is 58.9 Å². The Bertz CT molecular complexity index is 1080. The minimum atomic E-state index is -0.965. The Kier molecular flexibility index (Phi) is 17.0. The van der Waals surface area contributed by atoms with Crippen LogP contribution in [0.3, 0.4) is 0 Å². The van der Waals surface area contributed by atoms with Gasteiger partial charge in [0.2, 0.25) is 29.5 Å². The highest BCUT2D eigenvalue weighted by Crippen LogP contribution is 2.07. The molecule has 2 atom stereocenters. The molecule has 0 bridgehead atoms. The second kappa shape index (κ2) is 19.9. The first-order valence-corrected chi connectivity index (χ1v) is 14.8. The number of guanidine groups is 1. The fourth-order valence-corrected chi connectivity index (χ4v) is 3.82. The van der Waals surface area contributed by atoms with Crippen molar-refractivity contribution in [2.75, 3.05) is 33.7 Å². The molecular weight excluding hydrogens is 552 g/mol. The van der Waals surface area contributed by atoms with Crippen LogP contribution >= 0.6 is 0 Å². The topological polar surface area (TPSA) is 187 Å². The molecule has 0 saturated carbocycles. The number of hydrogen-bond donors (Lipinski definition) is 6. The summed E-state index contributed by atoms with van der Waals surface area (Å²) in [6.45, 7) is 7.96. The van der Waals surface area contributed by atoms with Crippen molar-refractivity contribution < 1.29 is 24.0 Å². The quantitative estimate of drug-likeness (QED) is 0.0778. The number of amides is 5. The van der Waals surface area contributed by atoms with E-state index in [1.807, 2.05) is 44.2 Å². The standard InChI is InChI=1S/C30H50N8O5/c1-20(2)27(41)32-17-18-33-28(42)24(19-22-11-8-7-9-12-22)37-29(43)23(13-10-16-34-30(31)38(5)6)36-26(40)15-14-25(39)35-21(3)4/h7-9,11-12,20-21,23-24H,10,13-19H2,1-6H3,(H2,31,34)(H,32,41)(H,33,42)(H,35,39)(H,36,40)(H,37,43). The first kappa shape index (κ1) is 36.9. The lowest BCUT2D eigenvalue weighted by molar-refractivity contribution is -0.132. The van der Waals surface area contributed by atoms with Crippen LogP contribution in [0.25, 0.3) is 0 Å². The predicted octanol–water partition coefficient (Wildman–Crippen LogP) is 0.0484. The Morgan fingerprint density at radius 1 is 0.791 bits per heavy atom. The zero-order valence-electron chi connectivity index (χ0n) is 26.4. The van der Waals surface area contributed by atoms with E-state index in [1.54, 1.807) is 32.8 Å². The Hall–Kier alpha value is -4.16. The molecule has 1 aromatic carbocycles. The molecule has 13 nitrogen and oxygen atoms in total. The van der Waals surface area contributed by atoms with Crippen molar-refractivity contribution >= 4 is 35.5 Å². The van der Waals surface area contributed by atoms with Gasteiger partial charge >= 0.3 is 0 Å². The predicted molar refractivity (Wildman–Crippen MR) is 167 cm³/mol. The first-order chi connectivity index (χ1) is 20.3. The van der Waals surface area contributed by atoms with Gasteiger partial charge in [-0.2, -0.15) is 0 Å². The van der Waals surface area contributed by atoms with Crippen LogP contribution in [-0.4, -0.2) is 92.3 Å². The molecule has 1 aromatic rings. The lowest BCUT2D eigenvalue weighted by Crippen LogP contribution is -2.55. The van der Waals surface area contributed by atoms with Crippen LogP contribution in [0.5, 0.6) is 0 Å². The number of benzene rings is 1. The Labute approximate surface area is 255 Å². The summed E-state index contributed by atoms with van der Waals surface area (Å²) in [5, 5.41) is 13.8. The molecule has 0 saturated heterocycles. The number of aliphatic imine (C=N–C) groups is 1. The van der Waals surface area contributed by atoms with Crippen molar-refractivity contribution in [3.63, 3.8) is 0 Å². The summed E-state index contributed by atoms with van der Waals surface area (Å²) in [7, 11) is 3.53. The van der Waals surface area contributed by atoms with Crippen LogP contribution in [0, 0.1) is 5.92 Å². The highest BCUT2D eigenvalue weighted by molar-refractivity contribution is 5.93. The maximum absolute atomic E-state index is 13.5. The number of hydrogen-bond acceptors (Lipinski definition) is 6. The van der Waals surface area contributed by atoms with Gasteiger partial charge in [0.05, 0.1) is 0 Å². The third-order valence-corrected chi connectivity index (χ3v) is 6.23. The molecule has 240 valence electrons. The zero-order chi connectivity index (χ0) is 32.4. The number of nitrogens with two attached hydrogens (primary N) is 1. The van der Waals surface area contributed by atoms with Crippen LogP contribution in [0.15, 0.2) is 35.3 Å². The van der Waals surface area contributed by atoms with Crippen molar-refractivity contribution in [1.29, 1.82) is 0 Å². The molecule has 0 radical (unpaired) electrons. The van der Waals surface area contributed by atoms with Gasteiger partial charge in [0, 0.05) is 65.0 Å². The SMILES string of the molecule is CC(C)NC(=O)CCC(=O)NC(CCCN=C(N)N(C)C)C(=O)NC(Cc1ccccc1)C(=O)NCCNC(=O)C(C)C. The van der Waals surface area contributed by atoms with Crippen LogP contribution in [0.2, 0.25) is 0 Å². The summed E-state index contributed by atoms with van der Waals surface area (Å²) in [6, 6.07) is 7.28. The molecule has 0 aromatic heterocycles. The molecule has 0 fully saturated rings. The van der Waals surface area contributed by atoms with E-state index in [0.29, 0.717) is 18.9 Å². The van der Waals surface area contributed by atoms with Gasteiger partial charge in [-0.1, -0.05) is 44.2 Å². The molecule has 7 N–H and O–H groups in total. The number of nitrogens with one attached hydrogen (secondary N) is 5. The Morgan fingerprint density at radius 2 is 1.37 bits per heavy atom. The first-order valence-electron chi connectivity index (χ1n) is 14.8. The third-order valence-electron chi connectivity index (χ3n) is 6.23. The van der Waals surface area contributed by atoms with Gasteiger partial charge in [0.25, 0.3) is 0 Å². The average molecular weight is 603 g/mol. The summed E-state index contributed by atoms with van der Waals surface area (Å²) in [5.74, 6) is -1.64. The highest BCUT2D eigenvalue weighted by Gasteiger charge is 2.27. The molecule has 0 spiro atoms. The van der Waals surface area contributed by atoms with E-state index in [0.717, 1.165) is 5.56 Å². The molecular formula is C30H50N8O5. The number of carbonyl (C=O) groups is 5. The molecule has 5 amide bonds. The minimum Gasteiger partial charge on any atom is -0.370 e. The number of rotatable bonds is 18. The average Bonchev–Trinajstić information content (AvgIpc) is 2.94. The molecule has 0 aliphatic rings. The second-order valence-electron chi connectivity index (χ2n) is 11.1. The zero-order valence-corrected chi connectivity index (χ0v) is 26.4. The van der Waals surface area contributed by atoms with E-state index in [-0.39, 0.29) is 62.5 Å². The van der Waals surface area contributed by atoms with Gasteiger partial charge in [0.1, 0.15) is 12.1 Å². The number of nitrogens with zero attached hydrogens (tertiary/aromatic N) is 2. The smallest absolute Gasteiger partial charge is 0.243 e. The number of carbonyl (C=O) groups excluding carboxylic acids is 5. The molecule has 13 heteroatoms. The fourth-order valence-electron chi connectivity index (χ4n) is 3.82. The van der Waals surface area contributed by atoms with E-state index in [4.69, 9.17) is 5.73 Å². The monoisotopic (exact) mass is 602 g/mol. The second-order valence-corrected chi connectivity index (χ2v) is 11.1. The van der Waals surface area contributed by atoms with Crippen LogP contribution < -0.4 is 32.3 Å². The molecule has 0 aliphatic carbocycles. The Morgan fingerprint density at radius 3 is 1.93 bits per heavy atom. The van der Waals surface area contributed by atoms with Crippen LogP contribution in [0.4, 0.5) is 0 Å². The van der Waals surface area contributed by atoms with Gasteiger partial charge in [0.15, 0.2) is 5.96 Å². The van der Waals surface area contributed by atoms with Gasteiger partial charge in [-0.25, -0.2) is 0 Å². The highest BCUT2D eigenvalue weighted by atomic mass is 16.2. The molecule has 0 aliphatic heterocycles. The summed E-state index contributed by atoms with van der Waals surface area (Å²) >= 11 is 0. The molecule has 0 heterocycles. The summed E-state index contributed by atoms with van der Waals surface area (Å²) in [5.41, 5.74) is 6.69. The van der Waals surface area contributed by atoms with E-state index in [1.165, 1.54) is 0 Å². The molecule has 43 heavy (non-hydrogen) atoms. The lowest BCUT2D eigenvalue weighted by Gasteiger charge is -2.23. The molecule has 1 rings (SSSR count). The van der Waals surface area contributed by atoms with Crippen molar-refractivity contribution in [3.05, 3.63) is 35.9 Å². The maximum atomic E-state index is 13.5. The molecule has 2 unspecified atom stereocenters. The van der Waals surface area contributed by atoms with E-state index in [9.17, 15) is 24.0 Å². The normalized spacial score (nSPS) is 12.7. The minimum absolute atomic E-state index is 0.0194. The van der Waals surface area contributed by atoms with Crippen molar-refractivity contribution in [3.8, 4) is 0 Å².